The van der Waals surface area contributed by atoms with Crippen molar-refractivity contribution in [3.63, 3.8) is 0 Å². The zero-order valence-corrected chi connectivity index (χ0v) is 13.3. The first-order valence-electron chi connectivity index (χ1n) is 7.38. The summed E-state index contributed by atoms with van der Waals surface area (Å²) in [6.45, 7) is 4.60. The fourth-order valence-corrected chi connectivity index (χ4v) is 2.81. The Hall–Kier alpha value is -1.46. The zero-order chi connectivity index (χ0) is 15.2. The van der Waals surface area contributed by atoms with Gasteiger partial charge in [-0.15, -0.1) is 0 Å². The van der Waals surface area contributed by atoms with Gasteiger partial charge in [0.2, 0.25) is 5.91 Å². The Morgan fingerprint density at radius 3 is 2.52 bits per heavy atom. The van der Waals surface area contributed by atoms with Crippen LogP contribution in [0.2, 0.25) is 0 Å². The fourth-order valence-electron chi connectivity index (χ4n) is 2.63. The number of piperidine rings is 1. The van der Waals surface area contributed by atoms with Crippen molar-refractivity contribution in [2.45, 2.75) is 32.2 Å². The molecule has 0 radical (unpaired) electrons. The number of nitrogens with one attached hydrogen (secondary N) is 1. The Morgan fingerprint density at radius 1 is 1.33 bits per heavy atom. The molecule has 1 fully saturated rings. The lowest BCUT2D eigenvalue weighted by Gasteiger charge is -2.32. The maximum atomic E-state index is 12.1. The topological polar surface area (TPSA) is 58.4 Å². The molecule has 2 rings (SSSR count). The van der Waals surface area contributed by atoms with E-state index in [0.717, 1.165) is 31.5 Å². The first-order valence-corrected chi connectivity index (χ1v) is 7.79. The van der Waals surface area contributed by atoms with Gasteiger partial charge in [-0.2, -0.15) is 0 Å². The number of thiocarbonyl (C=S) groups is 1. The molecule has 0 spiro atoms. The predicted octanol–water partition coefficient (Wildman–Crippen LogP) is 1.40. The van der Waals surface area contributed by atoms with E-state index in [2.05, 4.69) is 10.2 Å². The maximum absolute atomic E-state index is 12.1. The third-order valence-corrected chi connectivity index (χ3v) is 3.95. The highest BCUT2D eigenvalue weighted by atomic mass is 32.1. The number of nitrogens with zero attached hydrogens (tertiary/aromatic N) is 1. The SMILES string of the molecule is Cc1ccc(CC(=O)NC2CCN(CC(N)=S)CC2)cc1. The van der Waals surface area contributed by atoms with Crippen LogP contribution >= 0.6 is 12.2 Å². The second-order valence-corrected chi connectivity index (χ2v) is 6.27. The molecule has 1 aromatic rings. The Bertz CT molecular complexity index is 493. The third kappa shape index (κ3) is 5.44. The van der Waals surface area contributed by atoms with Crippen LogP contribution in [0.3, 0.4) is 0 Å². The minimum Gasteiger partial charge on any atom is -0.392 e. The predicted molar refractivity (Wildman–Crippen MR) is 89.3 cm³/mol. The highest BCUT2D eigenvalue weighted by molar-refractivity contribution is 7.80. The van der Waals surface area contributed by atoms with E-state index in [1.165, 1.54) is 5.56 Å². The minimum atomic E-state index is 0.103. The molecular weight excluding hydrogens is 282 g/mol. The highest BCUT2D eigenvalue weighted by Gasteiger charge is 2.20. The number of likely N-dealkylation sites (tertiary alicyclic amines) is 1. The summed E-state index contributed by atoms with van der Waals surface area (Å²) in [5, 5.41) is 3.13. The van der Waals surface area contributed by atoms with Gasteiger partial charge in [0, 0.05) is 25.7 Å². The molecule has 1 aromatic carbocycles. The van der Waals surface area contributed by atoms with Crippen LogP contribution in [0, 0.1) is 6.92 Å². The van der Waals surface area contributed by atoms with Crippen molar-refractivity contribution in [2.24, 2.45) is 5.73 Å². The van der Waals surface area contributed by atoms with Crippen molar-refractivity contribution in [2.75, 3.05) is 19.6 Å². The highest BCUT2D eigenvalue weighted by Crippen LogP contribution is 2.11. The molecule has 1 saturated heterocycles. The maximum Gasteiger partial charge on any atom is 0.224 e. The summed E-state index contributed by atoms with van der Waals surface area (Å²) in [4.78, 5) is 14.8. The van der Waals surface area contributed by atoms with Crippen LogP contribution in [0.4, 0.5) is 0 Å². The Labute approximate surface area is 131 Å². The van der Waals surface area contributed by atoms with Crippen LogP contribution in [0.1, 0.15) is 24.0 Å². The number of carbonyl (C=O) groups is 1. The van der Waals surface area contributed by atoms with Crippen LogP contribution in [0.5, 0.6) is 0 Å². The van der Waals surface area contributed by atoms with Gasteiger partial charge in [0.15, 0.2) is 0 Å². The van der Waals surface area contributed by atoms with Crippen molar-refractivity contribution in [3.8, 4) is 0 Å². The van der Waals surface area contributed by atoms with E-state index in [1.807, 2.05) is 31.2 Å². The molecule has 0 atom stereocenters. The number of carbonyl (C=O) groups excluding carboxylic acids is 1. The molecule has 114 valence electrons. The fraction of sp³-hybridized carbons (Fsp3) is 0.500. The quantitative estimate of drug-likeness (QED) is 0.808. The largest absolute Gasteiger partial charge is 0.392 e. The second-order valence-electron chi connectivity index (χ2n) is 5.75. The smallest absolute Gasteiger partial charge is 0.224 e. The summed E-state index contributed by atoms with van der Waals surface area (Å²) >= 11 is 4.92. The molecular formula is C16H23N3OS. The lowest BCUT2D eigenvalue weighted by atomic mass is 10.0. The molecule has 3 N–H and O–H groups in total. The molecule has 0 aliphatic carbocycles. The Morgan fingerprint density at radius 2 is 1.95 bits per heavy atom. The molecule has 1 aliphatic rings. The first-order chi connectivity index (χ1) is 10.0. The summed E-state index contributed by atoms with van der Waals surface area (Å²) in [6.07, 6.45) is 2.37. The average Bonchev–Trinajstić information content (AvgIpc) is 2.43. The van der Waals surface area contributed by atoms with Crippen LogP contribution in [0.25, 0.3) is 0 Å². The van der Waals surface area contributed by atoms with Gasteiger partial charge in [0.1, 0.15) is 0 Å². The number of benzene rings is 1. The van der Waals surface area contributed by atoms with Gasteiger partial charge in [-0.25, -0.2) is 0 Å². The monoisotopic (exact) mass is 305 g/mol. The van der Waals surface area contributed by atoms with E-state index in [0.29, 0.717) is 18.0 Å². The molecule has 0 unspecified atom stereocenters. The number of rotatable bonds is 5. The molecule has 0 saturated carbocycles. The number of aryl methyl sites for hydroxylation is 1. The van der Waals surface area contributed by atoms with Crippen molar-refractivity contribution in [1.29, 1.82) is 0 Å². The lowest BCUT2D eigenvalue weighted by molar-refractivity contribution is -0.121. The summed E-state index contributed by atoms with van der Waals surface area (Å²) in [6, 6.07) is 8.37. The van der Waals surface area contributed by atoms with E-state index in [1.54, 1.807) is 0 Å². The Balaban J connectivity index is 1.74. The van der Waals surface area contributed by atoms with Gasteiger partial charge in [-0.05, 0) is 25.3 Å². The van der Waals surface area contributed by atoms with Gasteiger partial charge in [0.05, 0.1) is 11.4 Å². The zero-order valence-electron chi connectivity index (χ0n) is 12.5. The van der Waals surface area contributed by atoms with Crippen LogP contribution in [-0.4, -0.2) is 41.5 Å². The molecule has 1 amide bonds. The van der Waals surface area contributed by atoms with E-state index in [4.69, 9.17) is 18.0 Å². The van der Waals surface area contributed by atoms with Gasteiger partial charge in [-0.1, -0.05) is 42.0 Å². The first kappa shape index (κ1) is 15.9. The van der Waals surface area contributed by atoms with Crippen LogP contribution < -0.4 is 11.1 Å². The standard InChI is InChI=1S/C16H23N3OS/c1-12-2-4-13(5-3-12)10-16(20)18-14-6-8-19(9-7-14)11-15(17)21/h2-5,14H,6-11H2,1H3,(H2,17,21)(H,18,20). The normalized spacial score (nSPS) is 16.6. The van der Waals surface area contributed by atoms with E-state index < -0.39 is 0 Å². The third-order valence-electron chi connectivity index (χ3n) is 3.82. The van der Waals surface area contributed by atoms with E-state index in [-0.39, 0.29) is 11.9 Å². The van der Waals surface area contributed by atoms with E-state index >= 15 is 0 Å². The number of hydrogen-bond acceptors (Lipinski definition) is 3. The molecule has 5 heteroatoms. The molecule has 0 aromatic heterocycles. The van der Waals surface area contributed by atoms with Gasteiger partial charge in [0.25, 0.3) is 0 Å². The Kier molecular flexibility index (Phi) is 5.70. The molecule has 1 aliphatic heterocycles. The van der Waals surface area contributed by atoms with Crippen LogP contribution in [-0.2, 0) is 11.2 Å². The number of hydrogen-bond donors (Lipinski definition) is 2. The molecule has 1 heterocycles. The van der Waals surface area contributed by atoms with Gasteiger partial charge >= 0.3 is 0 Å². The molecule has 0 bridgehead atoms. The molecule has 4 nitrogen and oxygen atoms in total. The van der Waals surface area contributed by atoms with Crippen molar-refractivity contribution in [1.82, 2.24) is 10.2 Å². The summed E-state index contributed by atoms with van der Waals surface area (Å²) in [7, 11) is 0. The lowest BCUT2D eigenvalue weighted by Crippen LogP contribution is -2.46. The van der Waals surface area contributed by atoms with Crippen molar-refractivity contribution >= 4 is 23.1 Å². The summed E-state index contributed by atoms with van der Waals surface area (Å²) < 4.78 is 0. The van der Waals surface area contributed by atoms with Crippen LogP contribution in [0.15, 0.2) is 24.3 Å². The number of nitrogens with two attached hydrogens (primary N) is 1. The summed E-state index contributed by atoms with van der Waals surface area (Å²) in [5.41, 5.74) is 7.83. The van der Waals surface area contributed by atoms with Crippen molar-refractivity contribution in [3.05, 3.63) is 35.4 Å². The second kappa shape index (κ2) is 7.52. The minimum absolute atomic E-state index is 0.103. The summed E-state index contributed by atoms with van der Waals surface area (Å²) in [5.74, 6) is 0.103. The number of amides is 1. The van der Waals surface area contributed by atoms with Gasteiger partial charge < -0.3 is 11.1 Å². The van der Waals surface area contributed by atoms with E-state index in [9.17, 15) is 4.79 Å². The average molecular weight is 305 g/mol. The van der Waals surface area contributed by atoms with Gasteiger partial charge in [-0.3, -0.25) is 9.69 Å². The molecule has 21 heavy (non-hydrogen) atoms. The van der Waals surface area contributed by atoms with Crippen molar-refractivity contribution < 1.29 is 4.79 Å².